The second-order valence-electron chi connectivity index (χ2n) is 3.50. The van der Waals surface area contributed by atoms with Gasteiger partial charge in [0.2, 0.25) is 0 Å². The Balaban J connectivity index is 2.04. The van der Waals surface area contributed by atoms with Crippen molar-refractivity contribution in [1.29, 1.82) is 0 Å². The van der Waals surface area contributed by atoms with E-state index in [4.69, 9.17) is 4.74 Å². The number of para-hydroxylation sites is 1. The highest BCUT2D eigenvalue weighted by Crippen LogP contribution is 2.08. The van der Waals surface area contributed by atoms with Gasteiger partial charge < -0.3 is 4.74 Å². The van der Waals surface area contributed by atoms with Gasteiger partial charge in [-0.1, -0.05) is 24.8 Å². The third-order valence-corrected chi connectivity index (χ3v) is 2.57. The third-order valence-electron chi connectivity index (χ3n) is 2.12. The molecule has 2 aromatic rings. The van der Waals surface area contributed by atoms with Gasteiger partial charge in [0.05, 0.1) is 5.69 Å². The van der Waals surface area contributed by atoms with E-state index < -0.39 is 0 Å². The van der Waals surface area contributed by atoms with Crippen LogP contribution in [0, 0.1) is 0 Å². The van der Waals surface area contributed by atoms with E-state index in [0.29, 0.717) is 18.4 Å². The summed E-state index contributed by atoms with van der Waals surface area (Å²) in [5.41, 5.74) is 1.84. The molecule has 0 aliphatic heterocycles. The predicted octanol–water partition coefficient (Wildman–Crippen LogP) is 2.13. The SMILES string of the molecule is C=C(CS)COc1ncn(-c2ccccc2)n1. The Morgan fingerprint density at radius 1 is 1.35 bits per heavy atom. The molecule has 0 spiro atoms. The van der Waals surface area contributed by atoms with Crippen molar-refractivity contribution in [3.05, 3.63) is 48.8 Å². The van der Waals surface area contributed by atoms with Gasteiger partial charge in [-0.05, 0) is 17.7 Å². The van der Waals surface area contributed by atoms with Crippen LogP contribution in [0.5, 0.6) is 6.01 Å². The van der Waals surface area contributed by atoms with E-state index in [1.165, 1.54) is 0 Å². The number of thiol groups is 1. The Morgan fingerprint density at radius 2 is 2.12 bits per heavy atom. The zero-order valence-corrected chi connectivity index (χ0v) is 10.2. The molecule has 1 heterocycles. The van der Waals surface area contributed by atoms with E-state index in [2.05, 4.69) is 29.3 Å². The van der Waals surface area contributed by atoms with Gasteiger partial charge in [0.15, 0.2) is 0 Å². The van der Waals surface area contributed by atoms with Crippen molar-refractivity contribution < 1.29 is 4.74 Å². The van der Waals surface area contributed by atoms with E-state index in [0.717, 1.165) is 11.3 Å². The first-order valence-corrected chi connectivity index (χ1v) is 5.80. The molecule has 0 radical (unpaired) electrons. The number of aromatic nitrogens is 3. The van der Waals surface area contributed by atoms with Crippen LogP contribution in [0.15, 0.2) is 48.8 Å². The van der Waals surface area contributed by atoms with E-state index in [9.17, 15) is 0 Å². The summed E-state index contributed by atoms with van der Waals surface area (Å²) in [6, 6.07) is 10.1. The summed E-state index contributed by atoms with van der Waals surface area (Å²) in [4.78, 5) is 4.06. The molecule has 4 nitrogen and oxygen atoms in total. The first kappa shape index (κ1) is 11.7. The lowest BCUT2D eigenvalue weighted by Crippen LogP contribution is -2.03. The average molecular weight is 247 g/mol. The third kappa shape index (κ3) is 3.10. The molecule has 0 N–H and O–H groups in total. The molecule has 0 amide bonds. The van der Waals surface area contributed by atoms with Crippen molar-refractivity contribution >= 4 is 12.6 Å². The molecule has 0 fully saturated rings. The Bertz CT molecular complexity index is 495. The van der Waals surface area contributed by atoms with Gasteiger partial charge in [-0.25, -0.2) is 4.68 Å². The standard InChI is InChI=1S/C12H13N3OS/c1-10(8-17)7-16-12-13-9-15(14-12)11-5-3-2-4-6-11/h2-6,9,17H,1,7-8H2. The summed E-state index contributed by atoms with van der Waals surface area (Å²) in [6.45, 7) is 4.18. The number of ether oxygens (including phenoxy) is 1. The van der Waals surface area contributed by atoms with Crippen molar-refractivity contribution in [2.24, 2.45) is 0 Å². The Morgan fingerprint density at radius 3 is 2.82 bits per heavy atom. The number of nitrogens with zero attached hydrogens (tertiary/aromatic N) is 3. The molecule has 88 valence electrons. The van der Waals surface area contributed by atoms with Gasteiger partial charge in [0.25, 0.3) is 0 Å². The number of hydrogen-bond donors (Lipinski definition) is 1. The first-order chi connectivity index (χ1) is 8.29. The van der Waals surface area contributed by atoms with Crippen molar-refractivity contribution in [3.63, 3.8) is 0 Å². The topological polar surface area (TPSA) is 39.9 Å². The Kier molecular flexibility index (Phi) is 3.82. The lowest BCUT2D eigenvalue weighted by atomic mass is 10.3. The molecular formula is C12H13N3OS. The molecule has 5 heteroatoms. The molecule has 0 bridgehead atoms. The lowest BCUT2D eigenvalue weighted by Gasteiger charge is -2.01. The van der Waals surface area contributed by atoms with Crippen molar-refractivity contribution in [3.8, 4) is 11.7 Å². The van der Waals surface area contributed by atoms with Gasteiger partial charge in [-0.15, -0.1) is 5.10 Å². The fraction of sp³-hybridized carbons (Fsp3) is 0.167. The quantitative estimate of drug-likeness (QED) is 0.650. The van der Waals surface area contributed by atoms with Crippen LogP contribution in [0.1, 0.15) is 0 Å². The zero-order chi connectivity index (χ0) is 12.1. The molecule has 0 aliphatic carbocycles. The second-order valence-corrected chi connectivity index (χ2v) is 3.82. The van der Waals surface area contributed by atoms with E-state index >= 15 is 0 Å². The Labute approximate surface area is 105 Å². The van der Waals surface area contributed by atoms with Crippen LogP contribution >= 0.6 is 12.6 Å². The smallest absolute Gasteiger partial charge is 0.336 e. The molecular weight excluding hydrogens is 234 g/mol. The minimum atomic E-state index is 0.344. The normalized spacial score (nSPS) is 10.2. The number of rotatable bonds is 5. The van der Waals surface area contributed by atoms with Crippen LogP contribution in [0.3, 0.4) is 0 Å². The van der Waals surface area contributed by atoms with Crippen LogP contribution in [-0.2, 0) is 0 Å². The van der Waals surface area contributed by atoms with E-state index in [1.807, 2.05) is 30.3 Å². The predicted molar refractivity (Wildman–Crippen MR) is 69.8 cm³/mol. The van der Waals surface area contributed by atoms with Crippen LogP contribution in [0.4, 0.5) is 0 Å². The minimum Gasteiger partial charge on any atom is -0.458 e. The fourth-order valence-electron chi connectivity index (χ4n) is 1.23. The van der Waals surface area contributed by atoms with E-state index in [-0.39, 0.29) is 0 Å². The molecule has 0 atom stereocenters. The van der Waals surface area contributed by atoms with Crippen LogP contribution in [0.25, 0.3) is 5.69 Å². The average Bonchev–Trinajstić information content (AvgIpc) is 2.86. The van der Waals surface area contributed by atoms with Crippen molar-refractivity contribution in [2.75, 3.05) is 12.4 Å². The number of benzene rings is 1. The summed E-state index contributed by atoms with van der Waals surface area (Å²) in [7, 11) is 0. The van der Waals surface area contributed by atoms with Crippen molar-refractivity contribution in [1.82, 2.24) is 14.8 Å². The maximum atomic E-state index is 5.37. The second kappa shape index (κ2) is 5.54. The van der Waals surface area contributed by atoms with Crippen LogP contribution < -0.4 is 4.74 Å². The van der Waals surface area contributed by atoms with Gasteiger partial charge >= 0.3 is 6.01 Å². The van der Waals surface area contributed by atoms with Gasteiger partial charge in [0, 0.05) is 5.75 Å². The molecule has 2 rings (SSSR count). The maximum absolute atomic E-state index is 5.37. The summed E-state index contributed by atoms with van der Waals surface area (Å²) >= 11 is 4.10. The molecule has 1 aromatic heterocycles. The molecule has 0 saturated carbocycles. The van der Waals surface area contributed by atoms with Gasteiger partial charge in [-0.3, -0.25) is 0 Å². The summed E-state index contributed by atoms with van der Waals surface area (Å²) in [5.74, 6) is 0.597. The highest BCUT2D eigenvalue weighted by atomic mass is 32.1. The fourth-order valence-corrected chi connectivity index (χ4v) is 1.32. The largest absolute Gasteiger partial charge is 0.458 e. The monoisotopic (exact) mass is 247 g/mol. The summed E-state index contributed by atoms with van der Waals surface area (Å²) in [6.07, 6.45) is 1.62. The molecule has 0 aliphatic rings. The highest BCUT2D eigenvalue weighted by Gasteiger charge is 2.03. The zero-order valence-electron chi connectivity index (χ0n) is 9.28. The number of hydrogen-bond acceptors (Lipinski definition) is 4. The maximum Gasteiger partial charge on any atom is 0.336 e. The Hall–Kier alpha value is -1.75. The van der Waals surface area contributed by atoms with Gasteiger partial charge in [0.1, 0.15) is 12.9 Å². The molecule has 1 aromatic carbocycles. The summed E-state index contributed by atoms with van der Waals surface area (Å²) in [5, 5.41) is 4.20. The minimum absolute atomic E-state index is 0.344. The van der Waals surface area contributed by atoms with Crippen molar-refractivity contribution in [2.45, 2.75) is 0 Å². The molecule has 17 heavy (non-hydrogen) atoms. The van der Waals surface area contributed by atoms with E-state index in [1.54, 1.807) is 11.0 Å². The first-order valence-electron chi connectivity index (χ1n) is 5.17. The summed E-state index contributed by atoms with van der Waals surface area (Å²) < 4.78 is 7.03. The lowest BCUT2D eigenvalue weighted by molar-refractivity contribution is 0.324. The van der Waals surface area contributed by atoms with Crippen LogP contribution in [0.2, 0.25) is 0 Å². The molecule has 0 unspecified atom stereocenters. The highest BCUT2D eigenvalue weighted by molar-refractivity contribution is 7.80. The molecule has 0 saturated heterocycles. The van der Waals surface area contributed by atoms with Gasteiger partial charge in [-0.2, -0.15) is 17.6 Å². The van der Waals surface area contributed by atoms with Crippen LogP contribution in [-0.4, -0.2) is 27.1 Å².